The summed E-state index contributed by atoms with van der Waals surface area (Å²) < 4.78 is 0. The normalized spacial score (nSPS) is 28.0. The number of rotatable bonds is 4. The van der Waals surface area contributed by atoms with E-state index in [1.54, 1.807) is 38.7 Å². The number of hydrogen-bond acceptors (Lipinski definition) is 11. The van der Waals surface area contributed by atoms with Gasteiger partial charge in [0.2, 0.25) is 0 Å². The third kappa shape index (κ3) is 9.06. The van der Waals surface area contributed by atoms with Crippen molar-refractivity contribution in [3.63, 3.8) is 0 Å². The molecule has 0 atom stereocenters. The molecule has 1 amide bonds. The van der Waals surface area contributed by atoms with Gasteiger partial charge in [0.25, 0.3) is 5.91 Å². The Bertz CT molecular complexity index is 1330. The molecule has 0 spiro atoms. The van der Waals surface area contributed by atoms with Gasteiger partial charge in [0.1, 0.15) is 0 Å². The molecule has 0 aromatic rings. The fourth-order valence-electron chi connectivity index (χ4n) is 8.82. The first-order chi connectivity index (χ1) is 22.5. The molecular formula is C38H72N6O7. The second kappa shape index (κ2) is 14.4. The molecule has 0 aromatic heterocycles. The SMILES string of the molecule is CC1(C)C=C(C(=O)O)C(C)(C)N1O.CN(C(=O)C1=CC(C)(C)N(O)C1(C)C)C1CC(C)(C)N(O)C(C)(C)C1.CNC1CC(C)(C)N(O)C(C)(C)C1. The number of nitrogens with one attached hydrogen (secondary N) is 1. The third-order valence-corrected chi connectivity index (χ3v) is 11.5. The van der Waals surface area contributed by atoms with E-state index in [9.17, 15) is 30.4 Å². The Balaban J connectivity index is 0.000000292. The number of carbonyl (C=O) groups is 2. The van der Waals surface area contributed by atoms with Gasteiger partial charge < -0.3 is 36.2 Å². The van der Waals surface area contributed by atoms with Gasteiger partial charge in [-0.2, -0.15) is 20.3 Å². The van der Waals surface area contributed by atoms with Crippen molar-refractivity contribution >= 4 is 11.9 Å². The zero-order valence-corrected chi connectivity index (χ0v) is 34.9. The van der Waals surface area contributed by atoms with Gasteiger partial charge in [-0.1, -0.05) is 12.2 Å². The van der Waals surface area contributed by atoms with E-state index in [0.717, 1.165) is 17.9 Å². The Morgan fingerprint density at radius 3 is 1.18 bits per heavy atom. The van der Waals surface area contributed by atoms with Crippen LogP contribution >= 0.6 is 0 Å². The second-order valence-corrected chi connectivity index (χ2v) is 19.7. The third-order valence-electron chi connectivity index (χ3n) is 11.5. The average Bonchev–Trinajstić information content (AvgIpc) is 3.25. The van der Waals surface area contributed by atoms with Crippen LogP contribution in [0.5, 0.6) is 0 Å². The first kappa shape index (κ1) is 45.2. The molecule has 2 fully saturated rings. The van der Waals surface area contributed by atoms with Crippen LogP contribution in [-0.4, -0.2) is 133 Å². The highest BCUT2D eigenvalue weighted by molar-refractivity contribution is 5.96. The smallest absolute Gasteiger partial charge is 0.333 e. The van der Waals surface area contributed by atoms with Crippen molar-refractivity contribution in [2.45, 2.75) is 193 Å². The van der Waals surface area contributed by atoms with Gasteiger partial charge in [0.15, 0.2) is 0 Å². The zero-order chi connectivity index (χ0) is 40.3. The molecular weight excluding hydrogens is 652 g/mol. The summed E-state index contributed by atoms with van der Waals surface area (Å²) in [6.45, 7) is 30.7. The minimum atomic E-state index is -0.977. The minimum absolute atomic E-state index is 0.0217. The lowest BCUT2D eigenvalue weighted by molar-refractivity contribution is -0.250. The van der Waals surface area contributed by atoms with E-state index in [4.69, 9.17) is 5.11 Å². The highest BCUT2D eigenvalue weighted by Gasteiger charge is 2.52. The fourth-order valence-corrected chi connectivity index (χ4v) is 8.82. The maximum Gasteiger partial charge on any atom is 0.333 e. The average molecular weight is 725 g/mol. The van der Waals surface area contributed by atoms with Crippen LogP contribution in [0.3, 0.4) is 0 Å². The molecule has 51 heavy (non-hydrogen) atoms. The number of nitrogens with zero attached hydrogens (tertiary/aromatic N) is 5. The van der Waals surface area contributed by atoms with Crippen molar-refractivity contribution in [1.82, 2.24) is 30.5 Å². The number of hydrogen-bond donors (Lipinski definition) is 6. The summed E-state index contributed by atoms with van der Waals surface area (Å²) in [6.07, 6.45) is 6.80. The lowest BCUT2D eigenvalue weighted by Crippen LogP contribution is -2.63. The molecule has 6 N–H and O–H groups in total. The number of piperidine rings is 2. The van der Waals surface area contributed by atoms with Crippen LogP contribution in [0.1, 0.15) is 136 Å². The van der Waals surface area contributed by atoms with Crippen LogP contribution in [0.2, 0.25) is 0 Å². The molecule has 0 aliphatic carbocycles. The van der Waals surface area contributed by atoms with Gasteiger partial charge in [-0.25, -0.2) is 4.79 Å². The van der Waals surface area contributed by atoms with Crippen molar-refractivity contribution < 1.29 is 35.5 Å². The topological polar surface area (TPSA) is 164 Å². The molecule has 13 nitrogen and oxygen atoms in total. The Hall–Kier alpha value is -1.94. The summed E-state index contributed by atoms with van der Waals surface area (Å²) in [5.41, 5.74) is -2.99. The minimum Gasteiger partial charge on any atom is -0.478 e. The zero-order valence-electron chi connectivity index (χ0n) is 34.9. The molecule has 4 aliphatic rings. The van der Waals surface area contributed by atoms with Gasteiger partial charge in [0, 0.05) is 46.9 Å². The number of carboxylic acid groups (broad SMARTS) is 1. The molecule has 4 heterocycles. The highest BCUT2D eigenvalue weighted by Crippen LogP contribution is 2.43. The van der Waals surface area contributed by atoms with Crippen LogP contribution in [0.4, 0.5) is 0 Å². The van der Waals surface area contributed by atoms with Gasteiger partial charge in [-0.15, -0.1) is 0 Å². The predicted molar refractivity (Wildman–Crippen MR) is 199 cm³/mol. The van der Waals surface area contributed by atoms with Crippen LogP contribution in [0, 0.1) is 0 Å². The predicted octanol–water partition coefficient (Wildman–Crippen LogP) is 5.92. The lowest BCUT2D eigenvalue weighted by atomic mass is 9.78. The van der Waals surface area contributed by atoms with Crippen molar-refractivity contribution in [3.8, 4) is 0 Å². The molecule has 0 bridgehead atoms. The molecule has 0 aromatic carbocycles. The molecule has 2 saturated heterocycles. The van der Waals surface area contributed by atoms with Gasteiger partial charge in [0.05, 0.1) is 27.7 Å². The van der Waals surface area contributed by atoms with E-state index in [-0.39, 0.29) is 28.6 Å². The standard InChI is InChI=1S/C19H35N3O3.C10H22N2O.C9H15NO3/c1-16(2)10-13(11-17(3,4)21(16)24)20(9)15(23)14-12-18(5,6)22(25)19(14,7)8;1-9(2)6-8(11-5)7-10(3,4)12(9)13;1-8(2)5-6(7(11)12)9(3,4)10(8)13/h12-13,24-25H,10-11H2,1-9H3;8,11,13H,6-7H2,1-5H3;5,13H,1-4H3,(H,11,12). The summed E-state index contributed by atoms with van der Waals surface area (Å²) in [7, 11) is 3.82. The van der Waals surface area contributed by atoms with E-state index < -0.39 is 39.2 Å². The number of aliphatic carboxylic acids is 1. The second-order valence-electron chi connectivity index (χ2n) is 19.7. The molecule has 296 valence electrons. The maximum atomic E-state index is 13.2. The molecule has 4 aliphatic heterocycles. The maximum absolute atomic E-state index is 13.2. The summed E-state index contributed by atoms with van der Waals surface area (Å²) in [5.74, 6) is -1.03. The number of hydroxylamine groups is 8. The monoisotopic (exact) mass is 725 g/mol. The Labute approximate surface area is 307 Å². The van der Waals surface area contributed by atoms with Crippen molar-refractivity contribution in [1.29, 1.82) is 0 Å². The van der Waals surface area contributed by atoms with Gasteiger partial charge in [-0.05, 0) is 144 Å². The van der Waals surface area contributed by atoms with Crippen LogP contribution < -0.4 is 5.32 Å². The Morgan fingerprint density at radius 1 is 0.608 bits per heavy atom. The molecule has 0 radical (unpaired) electrons. The first-order valence-electron chi connectivity index (χ1n) is 18.1. The molecule has 13 heteroatoms. The van der Waals surface area contributed by atoms with Crippen molar-refractivity contribution in [2.24, 2.45) is 0 Å². The largest absolute Gasteiger partial charge is 0.478 e. The number of carboxylic acids is 1. The Morgan fingerprint density at radius 2 is 0.922 bits per heavy atom. The summed E-state index contributed by atoms with van der Waals surface area (Å²) in [5, 5.41) is 58.1. The molecule has 0 saturated carbocycles. The Kier molecular flexibility index (Phi) is 12.7. The van der Waals surface area contributed by atoms with E-state index in [2.05, 4.69) is 33.0 Å². The first-order valence-corrected chi connectivity index (χ1v) is 18.1. The summed E-state index contributed by atoms with van der Waals surface area (Å²) in [6, 6.07) is 0.529. The van der Waals surface area contributed by atoms with E-state index in [1.807, 2.05) is 75.6 Å². The lowest BCUT2D eigenvalue weighted by Gasteiger charge is -2.53. The van der Waals surface area contributed by atoms with Crippen molar-refractivity contribution in [3.05, 3.63) is 23.3 Å². The van der Waals surface area contributed by atoms with Gasteiger partial charge >= 0.3 is 5.97 Å². The number of carbonyl (C=O) groups excluding carboxylic acids is 1. The van der Waals surface area contributed by atoms with Crippen LogP contribution in [0.15, 0.2) is 23.3 Å². The summed E-state index contributed by atoms with van der Waals surface area (Å²) in [4.78, 5) is 25.9. The van der Waals surface area contributed by atoms with Crippen LogP contribution in [-0.2, 0) is 9.59 Å². The van der Waals surface area contributed by atoms with Crippen LogP contribution in [0.25, 0.3) is 0 Å². The van der Waals surface area contributed by atoms with E-state index in [0.29, 0.717) is 24.5 Å². The van der Waals surface area contributed by atoms with Gasteiger partial charge in [-0.3, -0.25) is 4.79 Å². The fraction of sp³-hybridized carbons (Fsp3) is 0.842. The molecule has 0 unspecified atom stereocenters. The number of likely N-dealkylation sites (N-methyl/N-ethyl adjacent to an activating group) is 1. The number of amides is 1. The summed E-state index contributed by atoms with van der Waals surface area (Å²) >= 11 is 0. The molecule has 4 rings (SSSR count). The van der Waals surface area contributed by atoms with Crippen molar-refractivity contribution in [2.75, 3.05) is 14.1 Å². The quantitative estimate of drug-likeness (QED) is 0.203. The van der Waals surface area contributed by atoms with E-state index >= 15 is 0 Å². The van der Waals surface area contributed by atoms with E-state index in [1.165, 1.54) is 15.2 Å². The highest BCUT2D eigenvalue weighted by atomic mass is 16.5.